The van der Waals surface area contributed by atoms with Crippen LogP contribution in [0.1, 0.15) is 11.1 Å². The van der Waals surface area contributed by atoms with Gasteiger partial charge in [0.25, 0.3) is 0 Å². The van der Waals surface area contributed by atoms with E-state index >= 15 is 0 Å². The van der Waals surface area contributed by atoms with E-state index in [1.54, 1.807) is 27.4 Å². The van der Waals surface area contributed by atoms with Crippen molar-refractivity contribution in [3.63, 3.8) is 0 Å². The van der Waals surface area contributed by atoms with Crippen LogP contribution in [0.3, 0.4) is 0 Å². The van der Waals surface area contributed by atoms with Crippen LogP contribution in [-0.2, 0) is 0 Å². The molecule has 190 valence electrons. The number of imidazole rings is 1. The lowest BCUT2D eigenvalue weighted by Gasteiger charge is -2.34. The smallest absolute Gasteiger partial charge is 0.164 e. The molecule has 0 atom stereocenters. The Morgan fingerprint density at radius 3 is 2.19 bits per heavy atom. The van der Waals surface area contributed by atoms with Crippen molar-refractivity contribution in [3.8, 4) is 40.5 Å². The Balaban J connectivity index is 1.62. The van der Waals surface area contributed by atoms with Crippen LogP contribution in [-0.4, -0.2) is 69.4 Å². The van der Waals surface area contributed by atoms with Gasteiger partial charge in [0.15, 0.2) is 11.5 Å². The number of rotatable bonds is 5. The standard InChI is InChI=1S/C29H29ClN4O3/c1-33-11-13-34(14-12-33)25-17-24-23(15-20(25)8-5-19-6-9-21(30)10-7-19)31-29(32-24)22-16-27(36-3)28(37-4)18-26(22)35-2/h6-7,9-10,15-18H,11-14H2,1-4H3,(H,31,32). The fourth-order valence-corrected chi connectivity index (χ4v) is 4.60. The SMILES string of the molecule is COc1cc(OC)c(-c2nc3cc(N4CCN(C)CC4)c(C#Cc4ccc(Cl)cc4)cc3[nH]2)cc1OC. The van der Waals surface area contributed by atoms with Gasteiger partial charge in [0.2, 0.25) is 0 Å². The number of benzene rings is 3. The maximum atomic E-state index is 6.05. The Bertz CT molecular complexity index is 1480. The molecular weight excluding hydrogens is 488 g/mol. The summed E-state index contributed by atoms with van der Waals surface area (Å²) in [5.41, 5.74) is 5.48. The van der Waals surface area contributed by atoms with E-state index in [1.807, 2.05) is 30.3 Å². The van der Waals surface area contributed by atoms with Crippen LogP contribution in [0.4, 0.5) is 5.69 Å². The molecule has 0 amide bonds. The highest BCUT2D eigenvalue weighted by atomic mass is 35.5. The highest BCUT2D eigenvalue weighted by Crippen LogP contribution is 2.40. The van der Waals surface area contributed by atoms with Crippen LogP contribution < -0.4 is 19.1 Å². The Labute approximate surface area is 221 Å². The average Bonchev–Trinajstić information content (AvgIpc) is 3.34. The summed E-state index contributed by atoms with van der Waals surface area (Å²) in [7, 11) is 6.99. The van der Waals surface area contributed by atoms with E-state index in [9.17, 15) is 0 Å². The Morgan fingerprint density at radius 2 is 1.51 bits per heavy atom. The Morgan fingerprint density at radius 1 is 0.838 bits per heavy atom. The van der Waals surface area contributed by atoms with Crippen molar-refractivity contribution >= 4 is 28.3 Å². The first-order valence-corrected chi connectivity index (χ1v) is 12.4. The maximum Gasteiger partial charge on any atom is 0.164 e. The number of H-pyrrole nitrogens is 1. The fourth-order valence-electron chi connectivity index (χ4n) is 4.47. The second-order valence-electron chi connectivity index (χ2n) is 8.93. The summed E-state index contributed by atoms with van der Waals surface area (Å²) < 4.78 is 16.6. The summed E-state index contributed by atoms with van der Waals surface area (Å²) >= 11 is 6.05. The summed E-state index contributed by atoms with van der Waals surface area (Å²) in [5.74, 6) is 9.21. The zero-order valence-electron chi connectivity index (χ0n) is 21.4. The van der Waals surface area contributed by atoms with Gasteiger partial charge in [-0.1, -0.05) is 23.4 Å². The molecule has 1 aliphatic heterocycles. The minimum absolute atomic E-state index is 0.594. The first kappa shape index (κ1) is 24.8. The molecular formula is C29H29ClN4O3. The van der Waals surface area contributed by atoms with Gasteiger partial charge in [-0.25, -0.2) is 4.98 Å². The minimum atomic E-state index is 0.594. The Kier molecular flexibility index (Phi) is 7.13. The second-order valence-corrected chi connectivity index (χ2v) is 9.36. The number of fused-ring (bicyclic) bond motifs is 1. The Hall–Kier alpha value is -3.86. The second kappa shape index (κ2) is 10.6. The summed E-state index contributed by atoms with van der Waals surface area (Å²) in [4.78, 5) is 13.1. The van der Waals surface area contributed by atoms with Crippen molar-refractivity contribution in [2.45, 2.75) is 0 Å². The van der Waals surface area contributed by atoms with E-state index in [4.69, 9.17) is 30.8 Å². The number of methoxy groups -OCH3 is 3. The van der Waals surface area contributed by atoms with E-state index in [0.717, 1.165) is 59.6 Å². The molecule has 37 heavy (non-hydrogen) atoms. The number of hydrogen-bond acceptors (Lipinski definition) is 6. The monoisotopic (exact) mass is 516 g/mol. The number of anilines is 1. The number of aromatic nitrogens is 2. The van der Waals surface area contributed by atoms with Gasteiger partial charge in [-0.3, -0.25) is 0 Å². The van der Waals surface area contributed by atoms with Crippen molar-refractivity contribution in [1.29, 1.82) is 0 Å². The quantitative estimate of drug-likeness (QED) is 0.374. The molecule has 0 radical (unpaired) electrons. The van der Waals surface area contributed by atoms with Crippen LogP contribution in [0.25, 0.3) is 22.4 Å². The lowest BCUT2D eigenvalue weighted by molar-refractivity contribution is 0.313. The van der Waals surface area contributed by atoms with E-state index in [2.05, 4.69) is 45.8 Å². The van der Waals surface area contributed by atoms with Gasteiger partial charge in [0.05, 0.1) is 49.2 Å². The van der Waals surface area contributed by atoms with Crippen LogP contribution in [0.2, 0.25) is 5.02 Å². The molecule has 5 rings (SSSR count). The zero-order valence-corrected chi connectivity index (χ0v) is 22.1. The third-order valence-corrected chi connectivity index (χ3v) is 6.84. The topological polar surface area (TPSA) is 62.9 Å². The summed E-state index contributed by atoms with van der Waals surface area (Å²) in [6.07, 6.45) is 0. The first-order valence-electron chi connectivity index (χ1n) is 12.0. The molecule has 4 aromatic rings. The number of hydrogen-bond donors (Lipinski definition) is 1. The number of likely N-dealkylation sites (N-methyl/N-ethyl adjacent to an activating group) is 1. The zero-order chi connectivity index (χ0) is 25.9. The van der Waals surface area contributed by atoms with Crippen molar-refractivity contribution in [3.05, 3.63) is 64.7 Å². The fraction of sp³-hybridized carbons (Fsp3) is 0.276. The van der Waals surface area contributed by atoms with Gasteiger partial charge < -0.3 is 29.0 Å². The van der Waals surface area contributed by atoms with Gasteiger partial charge in [-0.2, -0.15) is 0 Å². The van der Waals surface area contributed by atoms with Gasteiger partial charge in [-0.15, -0.1) is 0 Å². The van der Waals surface area contributed by atoms with Crippen molar-refractivity contribution in [1.82, 2.24) is 14.9 Å². The summed E-state index contributed by atoms with van der Waals surface area (Å²) in [6.45, 7) is 3.85. The summed E-state index contributed by atoms with van der Waals surface area (Å²) in [6, 6.07) is 15.5. The molecule has 0 spiro atoms. The third kappa shape index (κ3) is 5.17. The molecule has 0 bridgehead atoms. The van der Waals surface area contributed by atoms with Crippen LogP contribution in [0, 0.1) is 11.8 Å². The first-order chi connectivity index (χ1) is 18.0. The third-order valence-electron chi connectivity index (χ3n) is 6.59. The predicted octanol–water partition coefficient (Wildman–Crippen LogP) is 5.06. The molecule has 1 N–H and O–H groups in total. The molecule has 0 unspecified atom stereocenters. The molecule has 7 nitrogen and oxygen atoms in total. The van der Waals surface area contributed by atoms with E-state index in [-0.39, 0.29) is 0 Å². The predicted molar refractivity (Wildman–Crippen MR) is 148 cm³/mol. The van der Waals surface area contributed by atoms with Gasteiger partial charge >= 0.3 is 0 Å². The molecule has 1 aliphatic rings. The molecule has 0 saturated carbocycles. The number of piperazine rings is 1. The van der Waals surface area contributed by atoms with Gasteiger partial charge in [0, 0.05) is 42.8 Å². The summed E-state index contributed by atoms with van der Waals surface area (Å²) in [5, 5.41) is 0.695. The lowest BCUT2D eigenvalue weighted by atomic mass is 10.1. The van der Waals surface area contributed by atoms with E-state index < -0.39 is 0 Å². The van der Waals surface area contributed by atoms with Crippen LogP contribution >= 0.6 is 11.6 Å². The molecule has 1 saturated heterocycles. The molecule has 2 heterocycles. The molecule has 1 aromatic heterocycles. The van der Waals surface area contributed by atoms with E-state index in [0.29, 0.717) is 28.1 Å². The molecule has 0 aliphatic carbocycles. The number of aromatic amines is 1. The maximum absolute atomic E-state index is 6.05. The number of halogens is 1. The molecule has 8 heteroatoms. The number of ether oxygens (including phenoxy) is 3. The van der Waals surface area contributed by atoms with Gasteiger partial charge in [0.1, 0.15) is 11.6 Å². The van der Waals surface area contributed by atoms with E-state index in [1.165, 1.54) is 0 Å². The normalized spacial score (nSPS) is 13.8. The van der Waals surface area contributed by atoms with Crippen LogP contribution in [0.5, 0.6) is 17.2 Å². The average molecular weight is 517 g/mol. The highest BCUT2D eigenvalue weighted by molar-refractivity contribution is 6.30. The van der Waals surface area contributed by atoms with Crippen LogP contribution in [0.15, 0.2) is 48.5 Å². The number of nitrogens with one attached hydrogen (secondary N) is 1. The highest BCUT2D eigenvalue weighted by Gasteiger charge is 2.20. The number of nitrogens with zero attached hydrogens (tertiary/aromatic N) is 3. The minimum Gasteiger partial charge on any atom is -0.496 e. The van der Waals surface area contributed by atoms with Crippen molar-refractivity contribution < 1.29 is 14.2 Å². The van der Waals surface area contributed by atoms with Crippen molar-refractivity contribution in [2.75, 3.05) is 59.5 Å². The molecule has 1 fully saturated rings. The molecule has 3 aromatic carbocycles. The van der Waals surface area contributed by atoms with Crippen molar-refractivity contribution in [2.24, 2.45) is 0 Å². The van der Waals surface area contributed by atoms with Gasteiger partial charge in [-0.05, 0) is 49.5 Å². The lowest BCUT2D eigenvalue weighted by Crippen LogP contribution is -2.44. The largest absolute Gasteiger partial charge is 0.496 e.